The van der Waals surface area contributed by atoms with E-state index in [4.69, 9.17) is 9.47 Å². The Balaban J connectivity index is 0.00000450. The number of nitrogens with zero attached hydrogens (tertiary/aromatic N) is 1. The largest absolute Gasteiger partial charge is 0.381 e. The van der Waals surface area contributed by atoms with Crippen molar-refractivity contribution in [1.82, 2.24) is 10.6 Å². The van der Waals surface area contributed by atoms with Crippen molar-refractivity contribution in [1.29, 1.82) is 0 Å². The lowest BCUT2D eigenvalue weighted by molar-refractivity contribution is -0.115. The number of halogens is 4. The number of amides is 1. The molecule has 1 amide bonds. The van der Waals surface area contributed by atoms with Crippen LogP contribution in [0.15, 0.2) is 17.1 Å². The van der Waals surface area contributed by atoms with Gasteiger partial charge in [-0.3, -0.25) is 9.79 Å². The molecule has 3 N–H and O–H groups in total. The fourth-order valence-electron chi connectivity index (χ4n) is 2.75. The highest BCUT2D eigenvalue weighted by molar-refractivity contribution is 14.0. The van der Waals surface area contributed by atoms with Crippen molar-refractivity contribution < 1.29 is 27.4 Å². The molecule has 1 aromatic carbocycles. The van der Waals surface area contributed by atoms with E-state index in [-0.39, 0.29) is 30.5 Å². The fraction of sp³-hybridized carbons (Fsp3) is 0.579. The number of ether oxygens (including phenoxy) is 2. The number of guanidine groups is 1. The van der Waals surface area contributed by atoms with E-state index in [1.54, 1.807) is 7.05 Å². The number of hydrogen-bond acceptors (Lipinski definition) is 4. The molecule has 0 unspecified atom stereocenters. The van der Waals surface area contributed by atoms with E-state index >= 15 is 0 Å². The number of rotatable bonds is 9. The minimum atomic E-state index is -1.63. The predicted molar refractivity (Wildman–Crippen MR) is 119 cm³/mol. The lowest BCUT2D eigenvalue weighted by Crippen LogP contribution is -2.42. The molecule has 1 heterocycles. The van der Waals surface area contributed by atoms with Crippen molar-refractivity contribution >= 4 is 41.5 Å². The van der Waals surface area contributed by atoms with Gasteiger partial charge in [-0.15, -0.1) is 24.0 Å². The molecular weight excluding hydrogens is 516 g/mol. The highest BCUT2D eigenvalue weighted by Crippen LogP contribution is 2.19. The molecule has 0 saturated carbocycles. The van der Waals surface area contributed by atoms with Crippen LogP contribution in [-0.2, 0) is 14.3 Å². The Morgan fingerprint density at radius 2 is 1.93 bits per heavy atom. The molecule has 1 saturated heterocycles. The number of anilines is 1. The van der Waals surface area contributed by atoms with Gasteiger partial charge in [0.15, 0.2) is 23.4 Å². The molecule has 7 nitrogen and oxygen atoms in total. The second-order valence-electron chi connectivity index (χ2n) is 6.61. The van der Waals surface area contributed by atoms with E-state index in [0.717, 1.165) is 51.2 Å². The van der Waals surface area contributed by atoms with Crippen molar-refractivity contribution in [2.75, 3.05) is 51.9 Å². The molecule has 11 heteroatoms. The number of nitrogens with one attached hydrogen (secondary N) is 3. The zero-order valence-corrected chi connectivity index (χ0v) is 19.1. The highest BCUT2D eigenvalue weighted by Gasteiger charge is 2.15. The van der Waals surface area contributed by atoms with Crippen LogP contribution in [-0.4, -0.2) is 58.4 Å². The van der Waals surface area contributed by atoms with Crippen LogP contribution < -0.4 is 16.0 Å². The van der Waals surface area contributed by atoms with Gasteiger partial charge in [0, 0.05) is 40.0 Å². The third kappa shape index (κ3) is 9.04. The van der Waals surface area contributed by atoms with Gasteiger partial charge in [-0.1, -0.05) is 0 Å². The number of benzene rings is 1. The molecule has 0 spiro atoms. The fourth-order valence-corrected chi connectivity index (χ4v) is 2.75. The molecule has 170 valence electrons. The van der Waals surface area contributed by atoms with Crippen LogP contribution in [0.1, 0.15) is 19.3 Å². The van der Waals surface area contributed by atoms with Crippen molar-refractivity contribution in [2.45, 2.75) is 19.3 Å². The maximum Gasteiger partial charge on any atom is 0.243 e. The third-order valence-corrected chi connectivity index (χ3v) is 4.40. The third-order valence-electron chi connectivity index (χ3n) is 4.40. The van der Waals surface area contributed by atoms with Crippen LogP contribution in [0.3, 0.4) is 0 Å². The van der Waals surface area contributed by atoms with Crippen LogP contribution in [0, 0.1) is 23.4 Å². The predicted octanol–water partition coefficient (Wildman–Crippen LogP) is 2.66. The first-order valence-corrected chi connectivity index (χ1v) is 9.54. The first kappa shape index (κ1) is 26.4. The summed E-state index contributed by atoms with van der Waals surface area (Å²) in [5.41, 5.74) is -0.430. The Labute approximate surface area is 191 Å². The summed E-state index contributed by atoms with van der Waals surface area (Å²) in [6.07, 6.45) is 2.83. The van der Waals surface area contributed by atoms with Gasteiger partial charge in [-0.2, -0.15) is 0 Å². The molecule has 1 fully saturated rings. The monoisotopic (exact) mass is 544 g/mol. The van der Waals surface area contributed by atoms with E-state index in [1.807, 2.05) is 0 Å². The van der Waals surface area contributed by atoms with Crippen LogP contribution in [0.5, 0.6) is 0 Å². The molecule has 0 radical (unpaired) electrons. The quantitative estimate of drug-likeness (QED) is 0.147. The summed E-state index contributed by atoms with van der Waals surface area (Å²) in [6, 6.07) is 1.70. The second kappa shape index (κ2) is 14.4. The topological polar surface area (TPSA) is 84.0 Å². The molecule has 0 aromatic heterocycles. The number of carbonyl (C=O) groups is 1. The molecule has 1 aliphatic heterocycles. The minimum Gasteiger partial charge on any atom is -0.381 e. The van der Waals surface area contributed by atoms with Crippen LogP contribution in [0.4, 0.5) is 18.9 Å². The maximum absolute atomic E-state index is 13.6. The van der Waals surface area contributed by atoms with E-state index in [9.17, 15) is 18.0 Å². The molecule has 1 aromatic rings. The van der Waals surface area contributed by atoms with Gasteiger partial charge >= 0.3 is 0 Å². The standard InChI is InChI=1S/C19H27F3N4O3.HI/c1-23-19(24-7-2-8-29-12-13-5-9-28-10-6-13)25-11-16(27)26-15-4-3-14(20)17(21)18(15)22;/h3-4,13H,2,5-12H2,1H3,(H,26,27)(H2,23,24,25);1H. The van der Waals surface area contributed by atoms with E-state index in [1.165, 1.54) is 0 Å². The van der Waals surface area contributed by atoms with Gasteiger partial charge in [-0.05, 0) is 37.3 Å². The van der Waals surface area contributed by atoms with E-state index in [2.05, 4.69) is 20.9 Å². The highest BCUT2D eigenvalue weighted by atomic mass is 127. The Kier molecular flexibility index (Phi) is 12.7. The first-order chi connectivity index (χ1) is 14.0. The van der Waals surface area contributed by atoms with Gasteiger partial charge in [0.05, 0.1) is 12.2 Å². The number of carbonyl (C=O) groups excluding carboxylic acids is 1. The summed E-state index contributed by atoms with van der Waals surface area (Å²) in [7, 11) is 1.55. The molecular formula is C19H28F3IN4O3. The first-order valence-electron chi connectivity index (χ1n) is 9.54. The molecule has 0 aliphatic carbocycles. The lowest BCUT2D eigenvalue weighted by Gasteiger charge is -2.21. The molecule has 30 heavy (non-hydrogen) atoms. The van der Waals surface area contributed by atoms with Gasteiger partial charge in [0.1, 0.15) is 0 Å². The Morgan fingerprint density at radius 3 is 2.63 bits per heavy atom. The second-order valence-corrected chi connectivity index (χ2v) is 6.61. The minimum absolute atomic E-state index is 0. The summed E-state index contributed by atoms with van der Waals surface area (Å²) >= 11 is 0. The van der Waals surface area contributed by atoms with Crippen molar-refractivity contribution in [2.24, 2.45) is 10.9 Å². The summed E-state index contributed by atoms with van der Waals surface area (Å²) in [5, 5.41) is 7.97. The summed E-state index contributed by atoms with van der Waals surface area (Å²) in [5.74, 6) is -4.08. The Hall–Kier alpha value is -1.60. The van der Waals surface area contributed by atoms with Crippen LogP contribution in [0.2, 0.25) is 0 Å². The number of hydrogen-bond donors (Lipinski definition) is 3. The Bertz CT molecular complexity index is 704. The van der Waals surface area contributed by atoms with E-state index < -0.39 is 29.0 Å². The average Bonchev–Trinajstić information content (AvgIpc) is 2.74. The normalized spacial score (nSPS) is 14.7. The molecule has 0 bridgehead atoms. The molecule has 0 atom stereocenters. The average molecular weight is 544 g/mol. The summed E-state index contributed by atoms with van der Waals surface area (Å²) in [6.45, 7) is 3.31. The van der Waals surface area contributed by atoms with E-state index in [0.29, 0.717) is 25.0 Å². The van der Waals surface area contributed by atoms with Gasteiger partial charge in [0.2, 0.25) is 5.91 Å². The maximum atomic E-state index is 13.6. The van der Waals surface area contributed by atoms with Crippen LogP contribution in [0.25, 0.3) is 0 Å². The molecule has 2 rings (SSSR count). The summed E-state index contributed by atoms with van der Waals surface area (Å²) in [4.78, 5) is 15.9. The smallest absolute Gasteiger partial charge is 0.243 e. The van der Waals surface area contributed by atoms with Crippen molar-refractivity contribution in [3.05, 3.63) is 29.6 Å². The SMILES string of the molecule is CN=C(NCCCOCC1CCOCC1)NCC(=O)Nc1ccc(F)c(F)c1F.I. The zero-order valence-electron chi connectivity index (χ0n) is 16.8. The van der Waals surface area contributed by atoms with Gasteiger partial charge in [0.25, 0.3) is 0 Å². The molecule has 1 aliphatic rings. The zero-order chi connectivity index (χ0) is 21.1. The van der Waals surface area contributed by atoms with Gasteiger partial charge < -0.3 is 25.4 Å². The van der Waals surface area contributed by atoms with Crippen molar-refractivity contribution in [3.8, 4) is 0 Å². The Morgan fingerprint density at radius 1 is 1.20 bits per heavy atom. The number of aliphatic imine (C=N–C) groups is 1. The lowest BCUT2D eigenvalue weighted by atomic mass is 10.0. The van der Waals surface area contributed by atoms with Crippen LogP contribution >= 0.6 is 24.0 Å². The van der Waals surface area contributed by atoms with Gasteiger partial charge in [-0.25, -0.2) is 13.2 Å². The van der Waals surface area contributed by atoms with Crippen molar-refractivity contribution in [3.63, 3.8) is 0 Å². The summed E-state index contributed by atoms with van der Waals surface area (Å²) < 4.78 is 50.6.